The Labute approximate surface area is 429 Å². The zero-order valence-corrected chi connectivity index (χ0v) is 43.1. The summed E-state index contributed by atoms with van der Waals surface area (Å²) in [7, 11) is -28.8. The molecule has 0 aromatic heterocycles. The maximum absolute atomic E-state index is 12.9. The lowest BCUT2D eigenvalue weighted by Gasteiger charge is -2.11. The number of benzene rings is 4. The predicted octanol–water partition coefficient (Wildman–Crippen LogP) is 5.16. The molecule has 0 amide bonds. The van der Waals surface area contributed by atoms with Crippen molar-refractivity contribution < 1.29 is 121 Å². The Bertz CT molecular complexity index is 3300. The van der Waals surface area contributed by atoms with Crippen molar-refractivity contribution in [2.45, 2.75) is 29.4 Å². The topological polar surface area (TPSA) is 535 Å². The number of anilines is 2. The molecule has 0 fully saturated rings. The zero-order valence-electron chi connectivity index (χ0n) is 35.8. The van der Waals surface area contributed by atoms with Gasteiger partial charge < -0.3 is 11.5 Å². The molecule has 0 bridgehead atoms. The quantitative estimate of drug-likeness (QED) is 0.00635. The van der Waals surface area contributed by atoms with Crippen LogP contribution in [0, 0.1) is 0 Å². The Kier molecular flexibility index (Phi) is 22.6. The monoisotopic (exact) mass is 1220 g/mol. The maximum atomic E-state index is 12.9. The Morgan fingerprint density at radius 1 is 0.459 bits per heavy atom. The third kappa shape index (κ3) is 18.3. The minimum absolute atomic E-state index is 0.0495. The second kappa shape index (κ2) is 27.0. The number of rotatable bonds is 30. The number of nitrogens with zero attached hydrogens (tertiary/aromatic N) is 6. The van der Waals surface area contributed by atoms with Crippen LogP contribution in [-0.2, 0) is 101 Å². The van der Waals surface area contributed by atoms with Crippen LogP contribution in [0.4, 0.5) is 45.5 Å². The Hall–Kier alpha value is -4.57. The van der Waals surface area contributed by atoms with Crippen molar-refractivity contribution in [3.8, 4) is 0 Å². The fraction of sp³-hybridized carbons (Fsp3) is 0.200. The number of hydrogen-bond donors (Lipinski definition) is 8. The Balaban J connectivity index is 1.90. The predicted molar refractivity (Wildman–Crippen MR) is 248 cm³/mol. The Morgan fingerprint density at radius 2 is 0.838 bits per heavy atom. The summed E-state index contributed by atoms with van der Waals surface area (Å²) in [4.78, 5) is -4.45. The minimum Gasteiger partial charge on any atom is -0.395 e. The van der Waals surface area contributed by atoms with Crippen LogP contribution in [0.1, 0.15) is 0 Å². The molecule has 0 aliphatic heterocycles. The molecule has 0 aliphatic carbocycles. The molecule has 44 heteroatoms. The van der Waals surface area contributed by atoms with E-state index in [0.717, 1.165) is 48.5 Å². The number of nitrogens with two attached hydrogens (primary N) is 2. The summed E-state index contributed by atoms with van der Waals surface area (Å²) in [6.07, 6.45) is 0. The highest BCUT2D eigenvalue weighted by Gasteiger charge is 2.26. The van der Waals surface area contributed by atoms with Crippen molar-refractivity contribution in [1.29, 1.82) is 0 Å². The highest BCUT2D eigenvalue weighted by atomic mass is 32.3. The van der Waals surface area contributed by atoms with Crippen molar-refractivity contribution >= 4 is 142 Å². The van der Waals surface area contributed by atoms with Crippen LogP contribution >= 0.6 is 36.7 Å². The van der Waals surface area contributed by atoms with Gasteiger partial charge in [0.25, 0.3) is 20.2 Å². The van der Waals surface area contributed by atoms with E-state index in [2.05, 4.69) is 63.0 Å². The van der Waals surface area contributed by atoms with Crippen LogP contribution in [0.15, 0.2) is 121 Å². The van der Waals surface area contributed by atoms with Gasteiger partial charge in [0.2, 0.25) is 0 Å². The first-order valence-corrected chi connectivity index (χ1v) is 29.6. The molecule has 0 saturated heterocycles. The minimum atomic E-state index is -5.32. The van der Waals surface area contributed by atoms with Crippen LogP contribution in [0.3, 0.4) is 0 Å². The van der Waals surface area contributed by atoms with Gasteiger partial charge in [-0.05, 0) is 60.7 Å². The molecule has 0 unspecified atom stereocenters. The van der Waals surface area contributed by atoms with Gasteiger partial charge in [-0.2, -0.15) is 25.3 Å². The van der Waals surface area contributed by atoms with Gasteiger partial charge in [-0.25, -0.2) is 45.2 Å². The van der Waals surface area contributed by atoms with Crippen LogP contribution in [0.2, 0.25) is 0 Å². The van der Waals surface area contributed by atoms with Gasteiger partial charge in [-0.3, -0.25) is 22.0 Å². The standard InChI is InChI=1S/C30H32N8O27S9/c31-28-23(36-34-21-5-2-18(14-26(21)72(48,49)50)69(42,43)10-7-57-67-64-61-40)16-24(37-35-22-6-3-19(15-27(22)73(51,52)53)70(44,45)11-8-58-68-65-62-41)29(32)30(28)38-33-20-4-1-17(13-25(20)66-63-60-39)71(46,47)12-9-59-74(54,55)56/h1-6,13-16,39-41H,7-12,31-32H2,(H,48,49,50)(H,51,52,53)(H,54,55,56)/b36-34+,37-35+,38-33+. The first kappa shape index (κ1) is 62.0. The summed E-state index contributed by atoms with van der Waals surface area (Å²) in [6, 6.07) is 7.98. The highest BCUT2D eigenvalue weighted by molar-refractivity contribution is 7.95. The third-order valence-electron chi connectivity index (χ3n) is 8.37. The van der Waals surface area contributed by atoms with Crippen molar-refractivity contribution in [2.24, 2.45) is 30.7 Å². The first-order valence-electron chi connectivity index (χ1n) is 18.4. The van der Waals surface area contributed by atoms with Crippen molar-refractivity contribution in [3.05, 3.63) is 60.7 Å². The third-order valence-corrected chi connectivity index (χ3v) is 17.0. The van der Waals surface area contributed by atoms with Crippen molar-refractivity contribution in [1.82, 2.24) is 0 Å². The fourth-order valence-electron chi connectivity index (χ4n) is 5.13. The highest BCUT2D eigenvalue weighted by Crippen LogP contribution is 2.47. The second-order valence-corrected chi connectivity index (χ2v) is 25.0. The molecule has 0 aliphatic rings. The van der Waals surface area contributed by atoms with Gasteiger partial charge in [0, 0.05) is 0 Å². The molecule has 0 spiro atoms. The molecule has 0 atom stereocenters. The summed E-state index contributed by atoms with van der Waals surface area (Å²) in [5.74, 6) is -2.60. The second-order valence-electron chi connectivity index (χ2n) is 13.0. The molecule has 35 nitrogen and oxygen atoms in total. The van der Waals surface area contributed by atoms with Crippen molar-refractivity contribution in [3.63, 3.8) is 0 Å². The van der Waals surface area contributed by atoms with Crippen LogP contribution < -0.4 is 11.5 Å². The van der Waals surface area contributed by atoms with Gasteiger partial charge in [0.15, 0.2) is 54.2 Å². The van der Waals surface area contributed by atoms with Gasteiger partial charge >= 0.3 is 10.4 Å². The lowest BCUT2D eigenvalue weighted by Crippen LogP contribution is -2.15. The number of azo groups is 3. The van der Waals surface area contributed by atoms with E-state index >= 15 is 0 Å². The molecular weight excluding hydrogens is 1190 g/mol. The molecule has 0 heterocycles. The summed E-state index contributed by atoms with van der Waals surface area (Å²) < 4.78 is 204. The molecule has 74 heavy (non-hydrogen) atoms. The lowest BCUT2D eigenvalue weighted by atomic mass is 10.2. The van der Waals surface area contributed by atoms with Crippen LogP contribution in [0.5, 0.6) is 0 Å². The van der Waals surface area contributed by atoms with Gasteiger partial charge in [0.05, 0.1) is 80.1 Å². The fourth-order valence-corrected chi connectivity index (χ4v) is 11.5. The van der Waals surface area contributed by atoms with E-state index in [0.29, 0.717) is 12.1 Å². The average Bonchev–Trinajstić information content (AvgIpc) is 3.31. The van der Waals surface area contributed by atoms with E-state index in [1.54, 1.807) is 0 Å². The summed E-state index contributed by atoms with van der Waals surface area (Å²) in [5.41, 5.74) is 7.97. The molecule has 408 valence electrons. The zero-order chi connectivity index (χ0) is 55.1. The lowest BCUT2D eigenvalue weighted by molar-refractivity contribution is -0.434. The van der Waals surface area contributed by atoms with Crippen LogP contribution in [-0.4, -0.2) is 117 Å². The van der Waals surface area contributed by atoms with E-state index in [4.69, 9.17) is 40.2 Å². The van der Waals surface area contributed by atoms with Crippen molar-refractivity contribution in [2.75, 3.05) is 48.5 Å². The molecule has 4 rings (SSSR count). The first-order chi connectivity index (χ1) is 34.5. The van der Waals surface area contributed by atoms with E-state index in [-0.39, 0.29) is 47.3 Å². The number of sulfone groups is 3. The summed E-state index contributed by atoms with van der Waals surface area (Å²) in [5, 5.41) is 58.5. The van der Waals surface area contributed by atoms with E-state index in [9.17, 15) is 59.6 Å². The number of nitrogen functional groups attached to an aromatic ring is 2. The number of hydrogen-bond acceptors (Lipinski definition) is 35. The van der Waals surface area contributed by atoms with E-state index in [1.165, 1.54) is 0 Å². The molecule has 4 aromatic carbocycles. The van der Waals surface area contributed by atoms with E-state index in [1.807, 2.05) is 0 Å². The molecule has 0 radical (unpaired) electrons. The molecule has 0 saturated carbocycles. The van der Waals surface area contributed by atoms with Crippen LogP contribution in [0.25, 0.3) is 0 Å². The largest absolute Gasteiger partial charge is 0.397 e. The van der Waals surface area contributed by atoms with Gasteiger partial charge in [-0.1, -0.05) is 15.1 Å². The molecular formula is C30H32N8O27S9. The maximum Gasteiger partial charge on any atom is 0.397 e. The molecule has 4 aromatic rings. The summed E-state index contributed by atoms with van der Waals surface area (Å²) in [6.45, 7) is -2.21. The average molecular weight is 1230 g/mol. The van der Waals surface area contributed by atoms with Gasteiger partial charge in [-0.15, -0.1) is 43.7 Å². The Morgan fingerprint density at radius 3 is 1.24 bits per heavy atom. The van der Waals surface area contributed by atoms with E-state index < -0.39 is 162 Å². The smallest absolute Gasteiger partial charge is 0.395 e. The van der Waals surface area contributed by atoms with Gasteiger partial charge in [0.1, 0.15) is 43.9 Å². The normalized spacial score (nSPS) is 13.2. The summed E-state index contributed by atoms with van der Waals surface area (Å²) >= 11 is 0.239. The SMILES string of the molecule is Nc1c(/N=N/c2ccc(S(=O)(=O)CCOSOOO)cc2S(=O)(=O)O)cc(/N=N/c2ccc(S(=O)(=O)CCOSOOO)cc2S(=O)(=O)O)c(N)c1/N=N/c1ccc(S(=O)(=O)CCOS(=O)(=O)O)cc1SOOO. The molecule has 10 N–H and O–H groups in total.